The molecular weight excluding hydrogens is 387 g/mol. The van der Waals surface area contributed by atoms with Crippen molar-refractivity contribution in [3.63, 3.8) is 0 Å². The van der Waals surface area contributed by atoms with Crippen molar-refractivity contribution in [2.75, 3.05) is 17.2 Å². The number of carbonyl (C=O) groups is 1. The Morgan fingerprint density at radius 1 is 1.28 bits per heavy atom. The number of rotatable bonds is 7. The number of aromatic nitrogens is 2. The minimum atomic E-state index is -0.351. The van der Waals surface area contributed by atoms with Crippen LogP contribution in [0.4, 0.5) is 10.1 Å². The van der Waals surface area contributed by atoms with E-state index in [4.69, 9.17) is 10.2 Å². The Morgan fingerprint density at radius 2 is 1.97 bits per heavy atom. The van der Waals surface area contributed by atoms with Crippen LogP contribution in [-0.4, -0.2) is 27.8 Å². The predicted octanol–water partition coefficient (Wildman–Crippen LogP) is 5.18. The van der Waals surface area contributed by atoms with Crippen LogP contribution < -0.4 is 4.90 Å². The van der Waals surface area contributed by atoms with Gasteiger partial charge in [0.15, 0.2) is 5.16 Å². The smallest absolute Gasteiger partial charge is 0.237 e. The van der Waals surface area contributed by atoms with Gasteiger partial charge in [0.2, 0.25) is 5.91 Å². The maximum atomic E-state index is 13.3. The summed E-state index contributed by atoms with van der Waals surface area (Å²) >= 11 is 1.45. The molecular formula is C22H27FN4OS. The molecule has 0 atom stereocenters. The van der Waals surface area contributed by atoms with Gasteiger partial charge in [0.1, 0.15) is 5.82 Å². The van der Waals surface area contributed by atoms with Crippen LogP contribution in [0.3, 0.4) is 0 Å². The average Bonchev–Trinajstić information content (AvgIpc) is 3.02. The molecule has 1 aromatic carbocycles. The van der Waals surface area contributed by atoms with E-state index in [0.29, 0.717) is 11.7 Å². The van der Waals surface area contributed by atoms with Crippen molar-refractivity contribution in [3.05, 3.63) is 41.5 Å². The number of benzene rings is 1. The van der Waals surface area contributed by atoms with E-state index in [-0.39, 0.29) is 30.4 Å². The van der Waals surface area contributed by atoms with Gasteiger partial charge < -0.3 is 9.47 Å². The first kappa shape index (κ1) is 21.4. The second kappa shape index (κ2) is 9.93. The first-order valence-electron chi connectivity index (χ1n) is 10.1. The Morgan fingerprint density at radius 3 is 2.62 bits per heavy atom. The van der Waals surface area contributed by atoms with Crippen molar-refractivity contribution in [1.29, 1.82) is 5.26 Å². The summed E-state index contributed by atoms with van der Waals surface area (Å²) in [6.45, 7) is 4.40. The summed E-state index contributed by atoms with van der Waals surface area (Å²) in [5.41, 5.74) is 2.78. The Bertz CT molecular complexity index is 881. The van der Waals surface area contributed by atoms with Crippen LogP contribution in [0, 0.1) is 31.0 Å². The second-order valence-electron chi connectivity index (χ2n) is 7.45. The molecule has 0 aliphatic heterocycles. The minimum Gasteiger partial charge on any atom is -0.320 e. The first-order chi connectivity index (χ1) is 14.0. The number of hydrogen-bond acceptors (Lipinski definition) is 4. The standard InChI is InChI=1S/C22H27FN4OS/c1-16-17(2)27(20-7-4-3-5-8-20)22(25-16)29-15-21(28)26(14-6-13-24)19-11-9-18(23)10-12-19/h9-12,20H,3-8,14-15H2,1-2H3. The highest BCUT2D eigenvalue weighted by atomic mass is 32.2. The molecule has 5 nitrogen and oxygen atoms in total. The first-order valence-corrected chi connectivity index (χ1v) is 11.1. The monoisotopic (exact) mass is 414 g/mol. The molecule has 1 fully saturated rings. The minimum absolute atomic E-state index is 0.106. The summed E-state index contributed by atoms with van der Waals surface area (Å²) in [6, 6.07) is 8.35. The van der Waals surface area contributed by atoms with Crippen molar-refractivity contribution in [3.8, 4) is 6.07 Å². The molecule has 3 rings (SSSR count). The summed E-state index contributed by atoms with van der Waals surface area (Å²) in [5, 5.41) is 9.83. The van der Waals surface area contributed by atoms with Gasteiger partial charge in [-0.2, -0.15) is 5.26 Å². The molecule has 7 heteroatoms. The van der Waals surface area contributed by atoms with Crippen LogP contribution in [-0.2, 0) is 4.79 Å². The van der Waals surface area contributed by atoms with E-state index in [2.05, 4.69) is 17.6 Å². The third-order valence-corrected chi connectivity index (χ3v) is 6.44. The molecule has 0 unspecified atom stereocenters. The van der Waals surface area contributed by atoms with E-state index in [0.717, 1.165) is 23.7 Å². The molecule has 1 heterocycles. The maximum Gasteiger partial charge on any atom is 0.237 e. The van der Waals surface area contributed by atoms with E-state index in [1.165, 1.54) is 48.9 Å². The Kier molecular flexibility index (Phi) is 7.32. The highest BCUT2D eigenvalue weighted by Gasteiger charge is 2.23. The molecule has 1 aromatic heterocycles. The van der Waals surface area contributed by atoms with Crippen LogP contribution in [0.15, 0.2) is 29.4 Å². The molecule has 1 amide bonds. The average molecular weight is 415 g/mol. The fourth-order valence-electron chi connectivity index (χ4n) is 3.85. The number of anilines is 1. The summed E-state index contributed by atoms with van der Waals surface area (Å²) in [6.07, 6.45) is 6.29. The lowest BCUT2D eigenvalue weighted by Gasteiger charge is -2.26. The van der Waals surface area contributed by atoms with Crippen LogP contribution in [0.25, 0.3) is 0 Å². The topological polar surface area (TPSA) is 61.9 Å². The zero-order chi connectivity index (χ0) is 20.8. The van der Waals surface area contributed by atoms with E-state index < -0.39 is 0 Å². The molecule has 29 heavy (non-hydrogen) atoms. The van der Waals surface area contributed by atoms with Crippen molar-refractivity contribution in [2.45, 2.75) is 63.6 Å². The van der Waals surface area contributed by atoms with Gasteiger partial charge in [-0.15, -0.1) is 0 Å². The lowest BCUT2D eigenvalue weighted by Crippen LogP contribution is -2.33. The Hall–Kier alpha value is -2.33. The van der Waals surface area contributed by atoms with E-state index in [1.54, 1.807) is 17.0 Å². The molecule has 0 radical (unpaired) electrons. The third-order valence-electron chi connectivity index (χ3n) is 5.51. The molecule has 0 saturated heterocycles. The molecule has 154 valence electrons. The zero-order valence-corrected chi connectivity index (χ0v) is 17.8. The van der Waals surface area contributed by atoms with E-state index >= 15 is 0 Å². The molecule has 1 saturated carbocycles. The number of amides is 1. The predicted molar refractivity (Wildman–Crippen MR) is 114 cm³/mol. The zero-order valence-electron chi connectivity index (χ0n) is 17.0. The molecule has 2 aromatic rings. The lowest BCUT2D eigenvalue weighted by molar-refractivity contribution is -0.116. The highest BCUT2D eigenvalue weighted by Crippen LogP contribution is 2.34. The summed E-state index contributed by atoms with van der Waals surface area (Å²) in [7, 11) is 0. The molecule has 0 bridgehead atoms. The molecule has 1 aliphatic carbocycles. The summed E-state index contributed by atoms with van der Waals surface area (Å²) in [4.78, 5) is 19.2. The molecule has 0 N–H and O–H groups in total. The van der Waals surface area contributed by atoms with Gasteiger partial charge in [-0.1, -0.05) is 31.0 Å². The van der Waals surface area contributed by atoms with Crippen molar-refractivity contribution in [2.24, 2.45) is 0 Å². The summed E-state index contributed by atoms with van der Waals surface area (Å²) in [5.74, 6) is -0.229. The van der Waals surface area contributed by atoms with Crippen molar-refractivity contribution < 1.29 is 9.18 Å². The van der Waals surface area contributed by atoms with Crippen LogP contribution in [0.2, 0.25) is 0 Å². The van der Waals surface area contributed by atoms with E-state index in [1.807, 2.05) is 6.92 Å². The Balaban J connectivity index is 1.75. The lowest BCUT2D eigenvalue weighted by atomic mass is 9.95. The third kappa shape index (κ3) is 5.18. The number of nitrogens with zero attached hydrogens (tertiary/aromatic N) is 4. The SMILES string of the molecule is Cc1nc(SCC(=O)N(CCC#N)c2ccc(F)cc2)n(C2CCCCC2)c1C. The number of imidazole rings is 1. The number of carbonyl (C=O) groups excluding carboxylic acids is 1. The number of nitriles is 1. The normalized spacial score (nSPS) is 14.6. The number of thioether (sulfide) groups is 1. The van der Waals surface area contributed by atoms with Gasteiger partial charge in [0.25, 0.3) is 0 Å². The Labute approximate surface area is 175 Å². The largest absolute Gasteiger partial charge is 0.320 e. The van der Waals surface area contributed by atoms with Gasteiger partial charge in [0, 0.05) is 24.0 Å². The number of hydrogen-bond donors (Lipinski definition) is 0. The van der Waals surface area contributed by atoms with Gasteiger partial charge in [-0.3, -0.25) is 4.79 Å². The second-order valence-corrected chi connectivity index (χ2v) is 8.39. The highest BCUT2D eigenvalue weighted by molar-refractivity contribution is 7.99. The van der Waals surface area contributed by atoms with Gasteiger partial charge in [-0.05, 0) is 51.0 Å². The van der Waals surface area contributed by atoms with Crippen LogP contribution >= 0.6 is 11.8 Å². The van der Waals surface area contributed by atoms with Crippen molar-refractivity contribution >= 4 is 23.4 Å². The van der Waals surface area contributed by atoms with Gasteiger partial charge in [-0.25, -0.2) is 9.37 Å². The van der Waals surface area contributed by atoms with Crippen LogP contribution in [0.5, 0.6) is 0 Å². The summed E-state index contributed by atoms with van der Waals surface area (Å²) < 4.78 is 15.6. The van der Waals surface area contributed by atoms with Gasteiger partial charge in [0.05, 0.1) is 23.9 Å². The molecule has 1 aliphatic rings. The quantitative estimate of drug-likeness (QED) is 0.586. The van der Waals surface area contributed by atoms with Gasteiger partial charge >= 0.3 is 0 Å². The number of aryl methyl sites for hydroxylation is 1. The molecule has 0 spiro atoms. The van der Waals surface area contributed by atoms with Crippen molar-refractivity contribution in [1.82, 2.24) is 9.55 Å². The number of halogens is 1. The van der Waals surface area contributed by atoms with E-state index in [9.17, 15) is 9.18 Å². The fraction of sp³-hybridized carbons (Fsp3) is 0.500. The fourth-order valence-corrected chi connectivity index (χ4v) is 4.89. The van der Waals surface area contributed by atoms with Crippen LogP contribution in [0.1, 0.15) is 56.0 Å². The maximum absolute atomic E-state index is 13.3.